The Bertz CT molecular complexity index is 2110. The largest absolute Gasteiger partial charge is 0.478 e. The van der Waals surface area contributed by atoms with Gasteiger partial charge in [0.25, 0.3) is 0 Å². The second-order valence-electron chi connectivity index (χ2n) is 10.1. The van der Waals surface area contributed by atoms with Crippen LogP contribution in [0.15, 0.2) is 72.8 Å². The third-order valence-corrected chi connectivity index (χ3v) is 6.75. The van der Waals surface area contributed by atoms with Crippen molar-refractivity contribution in [3.8, 4) is 11.1 Å². The summed E-state index contributed by atoms with van der Waals surface area (Å²) < 4.78 is 0. The Morgan fingerprint density at radius 2 is 0.444 bits per heavy atom. The maximum atomic E-state index is 11.2. The number of rotatable bonds is 11. The molecule has 0 aromatic heterocycles. The van der Waals surface area contributed by atoms with Crippen LogP contribution in [0.2, 0.25) is 0 Å². The summed E-state index contributed by atoms with van der Waals surface area (Å²) in [4.78, 5) is 108. The number of aromatic carboxylic acids is 10. The Balaban J connectivity index is 0.000000294. The summed E-state index contributed by atoms with van der Waals surface area (Å²) >= 11 is 0. The lowest BCUT2D eigenvalue weighted by atomic mass is 9.96. The SMILES string of the molecule is O=C(O)c1ccc(-c2ccc(C(=O)O)c(C(=O)O)c2)cc1C(=O)O.O=C(O)c1ccc(C(=O)O)c(C(=O)O)c1.O=C(O)c1ccc(C(=O)O)c(C(=O)O)c1. The first kappa shape index (κ1) is 41.7. The van der Waals surface area contributed by atoms with Gasteiger partial charge in [-0.2, -0.15) is 0 Å². The molecule has 0 saturated carbocycles. The van der Waals surface area contributed by atoms with Crippen molar-refractivity contribution in [2.24, 2.45) is 0 Å². The molecule has 4 aromatic rings. The number of carboxylic acid groups (broad SMARTS) is 10. The lowest BCUT2D eigenvalue weighted by molar-refractivity contribution is 0.0648. The van der Waals surface area contributed by atoms with Gasteiger partial charge in [-0.15, -0.1) is 0 Å². The average molecular weight is 751 g/mol. The highest BCUT2D eigenvalue weighted by molar-refractivity contribution is 6.06. The normalized spacial score (nSPS) is 9.85. The molecule has 0 bridgehead atoms. The molecule has 0 aliphatic heterocycles. The molecule has 0 spiro atoms. The van der Waals surface area contributed by atoms with Gasteiger partial charge in [-0.1, -0.05) is 12.1 Å². The van der Waals surface area contributed by atoms with Gasteiger partial charge in [-0.05, 0) is 71.8 Å². The van der Waals surface area contributed by atoms with Gasteiger partial charge in [-0.3, -0.25) is 0 Å². The van der Waals surface area contributed by atoms with Crippen LogP contribution in [0.3, 0.4) is 0 Å². The van der Waals surface area contributed by atoms with Crippen LogP contribution in [0.4, 0.5) is 0 Å². The Morgan fingerprint density at radius 3 is 0.648 bits per heavy atom. The Kier molecular flexibility index (Phi) is 13.5. The van der Waals surface area contributed by atoms with E-state index in [0.717, 1.165) is 60.7 Å². The minimum absolute atomic E-state index is 0.247. The summed E-state index contributed by atoms with van der Waals surface area (Å²) in [6, 6.07) is 12.6. The van der Waals surface area contributed by atoms with E-state index in [2.05, 4.69) is 0 Å². The number of benzene rings is 4. The van der Waals surface area contributed by atoms with Crippen LogP contribution in [0.1, 0.15) is 104 Å². The molecule has 10 N–H and O–H groups in total. The minimum atomic E-state index is -1.48. The van der Waals surface area contributed by atoms with Gasteiger partial charge in [0.15, 0.2) is 0 Å². The molecule has 0 aliphatic rings. The first-order valence-electron chi connectivity index (χ1n) is 14.0. The van der Waals surface area contributed by atoms with Crippen LogP contribution in [0.25, 0.3) is 11.1 Å². The first-order chi connectivity index (χ1) is 25.1. The van der Waals surface area contributed by atoms with E-state index in [-0.39, 0.29) is 22.3 Å². The predicted octanol–water partition coefficient (Wildman–Crippen LogP) is 3.71. The molecule has 0 amide bonds. The van der Waals surface area contributed by atoms with Crippen molar-refractivity contribution in [3.63, 3.8) is 0 Å². The van der Waals surface area contributed by atoms with Crippen LogP contribution in [-0.4, -0.2) is 111 Å². The topological polar surface area (TPSA) is 373 Å². The van der Waals surface area contributed by atoms with Crippen molar-refractivity contribution in [2.45, 2.75) is 0 Å². The summed E-state index contributed by atoms with van der Waals surface area (Å²) in [6.07, 6.45) is 0. The quantitative estimate of drug-likeness (QED) is 0.104. The highest BCUT2D eigenvalue weighted by Gasteiger charge is 2.21. The molecule has 0 atom stereocenters. The van der Waals surface area contributed by atoms with Crippen molar-refractivity contribution >= 4 is 59.7 Å². The molecule has 4 rings (SSSR count). The molecule has 0 heterocycles. The lowest BCUT2D eigenvalue weighted by Crippen LogP contribution is -2.10. The van der Waals surface area contributed by atoms with Crippen LogP contribution in [0.5, 0.6) is 0 Å². The molecular weight excluding hydrogens is 728 g/mol. The van der Waals surface area contributed by atoms with E-state index in [9.17, 15) is 47.9 Å². The molecule has 0 aliphatic carbocycles. The molecule has 54 heavy (non-hydrogen) atoms. The van der Waals surface area contributed by atoms with Crippen molar-refractivity contribution < 1.29 is 99.0 Å². The van der Waals surface area contributed by atoms with Crippen LogP contribution < -0.4 is 0 Å². The van der Waals surface area contributed by atoms with E-state index < -0.39 is 104 Å². The summed E-state index contributed by atoms with van der Waals surface area (Å²) in [5, 5.41) is 87.9. The van der Waals surface area contributed by atoms with Gasteiger partial charge in [0.05, 0.1) is 55.6 Å². The van der Waals surface area contributed by atoms with Gasteiger partial charge in [0.2, 0.25) is 0 Å². The summed E-state index contributed by atoms with van der Waals surface area (Å²) in [6.45, 7) is 0. The molecule has 278 valence electrons. The molecular formula is C34H22O20. The second-order valence-corrected chi connectivity index (χ2v) is 10.1. The van der Waals surface area contributed by atoms with E-state index in [1.54, 1.807) is 0 Å². The van der Waals surface area contributed by atoms with E-state index in [4.69, 9.17) is 51.1 Å². The third kappa shape index (κ3) is 10.3. The Hall–Kier alpha value is -8.42. The molecule has 4 aromatic carbocycles. The fourth-order valence-electron chi connectivity index (χ4n) is 4.26. The van der Waals surface area contributed by atoms with Crippen molar-refractivity contribution in [3.05, 3.63) is 128 Å². The zero-order chi connectivity index (χ0) is 41.2. The van der Waals surface area contributed by atoms with E-state index in [1.807, 2.05) is 0 Å². The fraction of sp³-hybridized carbons (Fsp3) is 0. The van der Waals surface area contributed by atoms with E-state index in [1.165, 1.54) is 12.1 Å². The van der Waals surface area contributed by atoms with Crippen LogP contribution in [0, 0.1) is 0 Å². The molecule has 0 saturated heterocycles. The molecule has 0 radical (unpaired) electrons. The summed E-state index contributed by atoms with van der Waals surface area (Å²) in [5.41, 5.74) is -3.73. The zero-order valence-corrected chi connectivity index (χ0v) is 26.5. The smallest absolute Gasteiger partial charge is 0.336 e. The van der Waals surface area contributed by atoms with Gasteiger partial charge in [-0.25, -0.2) is 47.9 Å². The number of carboxylic acids is 10. The summed E-state index contributed by atoms with van der Waals surface area (Å²) in [5.74, 6) is -14.1. The molecule has 20 heteroatoms. The van der Waals surface area contributed by atoms with Gasteiger partial charge >= 0.3 is 59.7 Å². The third-order valence-electron chi connectivity index (χ3n) is 6.75. The molecule has 0 unspecified atom stereocenters. The lowest BCUT2D eigenvalue weighted by Gasteiger charge is -2.09. The van der Waals surface area contributed by atoms with Gasteiger partial charge in [0.1, 0.15) is 0 Å². The highest BCUT2D eigenvalue weighted by Crippen LogP contribution is 2.26. The van der Waals surface area contributed by atoms with E-state index >= 15 is 0 Å². The monoisotopic (exact) mass is 750 g/mol. The van der Waals surface area contributed by atoms with E-state index in [0.29, 0.717) is 0 Å². The van der Waals surface area contributed by atoms with Crippen LogP contribution in [-0.2, 0) is 0 Å². The average Bonchev–Trinajstić information content (AvgIpc) is 3.10. The maximum absolute atomic E-state index is 11.2. The maximum Gasteiger partial charge on any atom is 0.336 e. The second kappa shape index (κ2) is 17.5. The highest BCUT2D eigenvalue weighted by atomic mass is 16.4. The van der Waals surface area contributed by atoms with Crippen molar-refractivity contribution in [1.82, 2.24) is 0 Å². The van der Waals surface area contributed by atoms with Gasteiger partial charge < -0.3 is 51.1 Å². The summed E-state index contributed by atoms with van der Waals surface area (Å²) in [7, 11) is 0. The molecule has 20 nitrogen and oxygen atoms in total. The molecule has 0 fully saturated rings. The number of hydrogen-bond acceptors (Lipinski definition) is 10. The zero-order valence-electron chi connectivity index (χ0n) is 26.5. The first-order valence-corrected chi connectivity index (χ1v) is 14.0. The fourth-order valence-corrected chi connectivity index (χ4v) is 4.26. The van der Waals surface area contributed by atoms with Crippen molar-refractivity contribution in [2.75, 3.05) is 0 Å². The number of carbonyl (C=O) groups is 10. The van der Waals surface area contributed by atoms with Gasteiger partial charge in [0, 0.05) is 0 Å². The standard InChI is InChI=1S/C16H10O8.2C9H6O6/c17-13(18)9-3-1-7(5-11(9)15(21)22)8-2-4-10(14(19)20)12(6-8)16(23)24;2*10-7(11)4-1-2-5(8(12)13)6(3-4)9(14)15/h1-6H,(H,17,18)(H,19,20)(H,21,22)(H,23,24);2*1-3H,(H,10,11)(H,12,13)(H,14,15). The van der Waals surface area contributed by atoms with Crippen molar-refractivity contribution in [1.29, 1.82) is 0 Å². The Morgan fingerprint density at radius 1 is 0.241 bits per heavy atom. The Labute approximate surface area is 298 Å². The van der Waals surface area contributed by atoms with Crippen LogP contribution >= 0.6 is 0 Å². The number of hydrogen-bond donors (Lipinski definition) is 10. The predicted molar refractivity (Wildman–Crippen MR) is 174 cm³/mol. The minimum Gasteiger partial charge on any atom is -0.478 e.